The van der Waals surface area contributed by atoms with Crippen molar-refractivity contribution >= 4 is 17.2 Å². The fraction of sp³-hybridized carbons (Fsp3) is 0.750. The monoisotopic (exact) mass is 379 g/mol. The van der Waals surface area contributed by atoms with E-state index in [1.165, 1.54) is 16.9 Å². The molecule has 146 valence electrons. The molecule has 0 unspecified atom stereocenters. The van der Waals surface area contributed by atoms with Crippen molar-refractivity contribution in [3.63, 3.8) is 0 Å². The minimum absolute atomic E-state index is 0.104. The molecule has 1 aromatic rings. The minimum atomic E-state index is 0.104. The molecule has 0 spiro atoms. The standard InChI is InChI=1S/C20H33N3O2S/c1-3-4-18-13-19(26-16(18)2)20(24)21-14-17-5-6-23(15-17)8-7-22-9-11-25-12-10-22/h13,17H,3-12,14-15H2,1-2H3,(H,21,24)/t17-/m0/s1. The number of carbonyl (C=O) groups excluding carboxylic acids is 1. The molecule has 2 saturated heterocycles. The van der Waals surface area contributed by atoms with Crippen molar-refractivity contribution in [3.05, 3.63) is 21.4 Å². The zero-order valence-electron chi connectivity index (χ0n) is 16.3. The van der Waals surface area contributed by atoms with Gasteiger partial charge in [-0.3, -0.25) is 9.69 Å². The van der Waals surface area contributed by atoms with Crippen molar-refractivity contribution in [2.45, 2.75) is 33.1 Å². The molecule has 2 aliphatic rings. The molecule has 0 saturated carbocycles. The number of aryl methyl sites for hydroxylation is 2. The molecule has 1 atom stereocenters. The van der Waals surface area contributed by atoms with Gasteiger partial charge in [0.2, 0.25) is 0 Å². The Hall–Kier alpha value is -0.950. The topological polar surface area (TPSA) is 44.8 Å². The molecule has 0 radical (unpaired) electrons. The predicted molar refractivity (Wildman–Crippen MR) is 107 cm³/mol. The quantitative estimate of drug-likeness (QED) is 0.753. The normalized spacial score (nSPS) is 22.0. The highest BCUT2D eigenvalue weighted by Gasteiger charge is 2.24. The van der Waals surface area contributed by atoms with Gasteiger partial charge in [-0.1, -0.05) is 13.3 Å². The van der Waals surface area contributed by atoms with Crippen LogP contribution >= 0.6 is 11.3 Å². The summed E-state index contributed by atoms with van der Waals surface area (Å²) >= 11 is 1.63. The van der Waals surface area contributed by atoms with E-state index in [0.29, 0.717) is 5.92 Å². The van der Waals surface area contributed by atoms with Gasteiger partial charge in [-0.05, 0) is 43.9 Å². The number of hydrogen-bond donors (Lipinski definition) is 1. The second-order valence-corrected chi connectivity index (χ2v) is 8.82. The number of nitrogens with zero attached hydrogens (tertiary/aromatic N) is 2. The van der Waals surface area contributed by atoms with E-state index in [0.717, 1.165) is 76.7 Å². The van der Waals surface area contributed by atoms with Gasteiger partial charge in [0.15, 0.2) is 0 Å². The van der Waals surface area contributed by atoms with Gasteiger partial charge in [0.1, 0.15) is 0 Å². The van der Waals surface area contributed by atoms with Gasteiger partial charge in [-0.15, -0.1) is 11.3 Å². The lowest BCUT2D eigenvalue weighted by atomic mass is 10.1. The summed E-state index contributed by atoms with van der Waals surface area (Å²) in [6, 6.07) is 2.09. The Balaban J connectivity index is 1.37. The van der Waals surface area contributed by atoms with Crippen LogP contribution in [-0.2, 0) is 11.2 Å². The first-order chi connectivity index (χ1) is 12.7. The third-order valence-corrected chi connectivity index (χ3v) is 6.61. The number of hydrogen-bond acceptors (Lipinski definition) is 5. The van der Waals surface area contributed by atoms with E-state index >= 15 is 0 Å². The average Bonchev–Trinajstić information content (AvgIpc) is 3.26. The molecular weight excluding hydrogens is 346 g/mol. The highest BCUT2D eigenvalue weighted by atomic mass is 32.1. The Kier molecular flexibility index (Phi) is 7.49. The van der Waals surface area contributed by atoms with E-state index in [1.54, 1.807) is 11.3 Å². The first-order valence-electron chi connectivity index (χ1n) is 10.1. The summed E-state index contributed by atoms with van der Waals surface area (Å²) in [7, 11) is 0. The van der Waals surface area contributed by atoms with Crippen molar-refractivity contribution in [1.82, 2.24) is 15.1 Å². The Morgan fingerprint density at radius 3 is 2.81 bits per heavy atom. The van der Waals surface area contributed by atoms with Crippen molar-refractivity contribution in [2.75, 3.05) is 59.0 Å². The Labute approximate surface area is 161 Å². The fourth-order valence-corrected chi connectivity index (χ4v) is 4.85. The molecule has 3 rings (SSSR count). The molecule has 1 amide bonds. The van der Waals surface area contributed by atoms with Gasteiger partial charge < -0.3 is 15.0 Å². The maximum Gasteiger partial charge on any atom is 0.261 e. The van der Waals surface area contributed by atoms with Crippen molar-refractivity contribution in [1.29, 1.82) is 0 Å². The number of amides is 1. The molecule has 1 N–H and O–H groups in total. The van der Waals surface area contributed by atoms with Crippen LogP contribution in [0, 0.1) is 12.8 Å². The van der Waals surface area contributed by atoms with Crippen LogP contribution in [0.5, 0.6) is 0 Å². The van der Waals surface area contributed by atoms with Crippen LogP contribution in [0.25, 0.3) is 0 Å². The molecule has 0 aliphatic carbocycles. The molecule has 2 fully saturated rings. The zero-order chi connectivity index (χ0) is 18.4. The number of likely N-dealkylation sites (tertiary alicyclic amines) is 1. The molecule has 26 heavy (non-hydrogen) atoms. The van der Waals surface area contributed by atoms with E-state index in [9.17, 15) is 4.79 Å². The SMILES string of the molecule is CCCc1cc(C(=O)NC[C@@H]2CCN(CCN3CCOCC3)C2)sc1C. The number of morpholine rings is 1. The lowest BCUT2D eigenvalue weighted by Gasteiger charge is -2.28. The van der Waals surface area contributed by atoms with Gasteiger partial charge >= 0.3 is 0 Å². The molecule has 0 bridgehead atoms. The van der Waals surface area contributed by atoms with Crippen LogP contribution in [0.15, 0.2) is 6.07 Å². The summed E-state index contributed by atoms with van der Waals surface area (Å²) in [6.07, 6.45) is 3.38. The van der Waals surface area contributed by atoms with E-state index in [-0.39, 0.29) is 5.91 Å². The number of carbonyl (C=O) groups is 1. The average molecular weight is 380 g/mol. The van der Waals surface area contributed by atoms with Crippen LogP contribution in [0.2, 0.25) is 0 Å². The van der Waals surface area contributed by atoms with Gasteiger partial charge in [0.05, 0.1) is 18.1 Å². The van der Waals surface area contributed by atoms with Gasteiger partial charge in [0, 0.05) is 44.1 Å². The Morgan fingerprint density at radius 2 is 2.04 bits per heavy atom. The summed E-state index contributed by atoms with van der Waals surface area (Å²) in [4.78, 5) is 19.6. The molecular formula is C20H33N3O2S. The molecule has 2 aliphatic heterocycles. The van der Waals surface area contributed by atoms with Crippen LogP contribution in [0.4, 0.5) is 0 Å². The molecule has 1 aromatic heterocycles. The maximum atomic E-state index is 12.5. The van der Waals surface area contributed by atoms with Crippen LogP contribution < -0.4 is 5.32 Å². The number of rotatable bonds is 8. The third kappa shape index (κ3) is 5.52. The molecule has 5 nitrogen and oxygen atoms in total. The van der Waals surface area contributed by atoms with Crippen LogP contribution in [0.3, 0.4) is 0 Å². The summed E-state index contributed by atoms with van der Waals surface area (Å²) < 4.78 is 5.41. The number of nitrogens with one attached hydrogen (secondary N) is 1. The van der Waals surface area contributed by atoms with Crippen molar-refractivity contribution < 1.29 is 9.53 Å². The van der Waals surface area contributed by atoms with E-state index < -0.39 is 0 Å². The second-order valence-electron chi connectivity index (χ2n) is 7.56. The smallest absolute Gasteiger partial charge is 0.261 e. The highest BCUT2D eigenvalue weighted by molar-refractivity contribution is 7.14. The van der Waals surface area contributed by atoms with Gasteiger partial charge in [-0.2, -0.15) is 0 Å². The molecule has 6 heteroatoms. The first-order valence-corrected chi connectivity index (χ1v) is 10.9. The first kappa shape index (κ1) is 19.8. The maximum absolute atomic E-state index is 12.5. The molecule has 0 aromatic carbocycles. The largest absolute Gasteiger partial charge is 0.379 e. The number of ether oxygens (including phenoxy) is 1. The van der Waals surface area contributed by atoms with Gasteiger partial charge in [-0.25, -0.2) is 0 Å². The summed E-state index contributed by atoms with van der Waals surface area (Å²) in [5, 5.41) is 3.17. The summed E-state index contributed by atoms with van der Waals surface area (Å²) in [6.45, 7) is 13.5. The fourth-order valence-electron chi connectivity index (χ4n) is 3.86. The summed E-state index contributed by atoms with van der Waals surface area (Å²) in [5.41, 5.74) is 1.33. The van der Waals surface area contributed by atoms with E-state index in [1.807, 2.05) is 0 Å². The van der Waals surface area contributed by atoms with Crippen molar-refractivity contribution in [3.8, 4) is 0 Å². The van der Waals surface area contributed by atoms with Crippen LogP contribution in [-0.4, -0.2) is 74.7 Å². The predicted octanol–water partition coefficient (Wildman–Crippen LogP) is 2.39. The summed E-state index contributed by atoms with van der Waals surface area (Å²) in [5.74, 6) is 0.687. The second kappa shape index (κ2) is 9.83. The molecule has 3 heterocycles. The van der Waals surface area contributed by atoms with Gasteiger partial charge in [0.25, 0.3) is 5.91 Å². The number of thiophene rings is 1. The Bertz CT molecular complexity index is 584. The van der Waals surface area contributed by atoms with Crippen LogP contribution in [0.1, 0.15) is 39.9 Å². The van der Waals surface area contributed by atoms with E-state index in [2.05, 4.69) is 35.0 Å². The third-order valence-electron chi connectivity index (χ3n) is 5.52. The lowest BCUT2D eigenvalue weighted by Crippen LogP contribution is -2.41. The lowest BCUT2D eigenvalue weighted by molar-refractivity contribution is 0.0342. The Morgan fingerprint density at radius 1 is 1.27 bits per heavy atom. The van der Waals surface area contributed by atoms with E-state index in [4.69, 9.17) is 4.74 Å². The zero-order valence-corrected chi connectivity index (χ0v) is 17.1. The highest BCUT2D eigenvalue weighted by Crippen LogP contribution is 2.23. The minimum Gasteiger partial charge on any atom is -0.379 e. The van der Waals surface area contributed by atoms with Crippen molar-refractivity contribution in [2.24, 2.45) is 5.92 Å².